The fraction of sp³-hybridized carbons (Fsp3) is 0.722. The fourth-order valence-electron chi connectivity index (χ4n) is 3.48. The number of nitrogens with one attached hydrogen (secondary N) is 1. The topological polar surface area (TPSA) is 76.5 Å². The zero-order valence-electron chi connectivity index (χ0n) is 15.1. The predicted molar refractivity (Wildman–Crippen MR) is 92.7 cm³/mol. The lowest BCUT2D eigenvalue weighted by molar-refractivity contribution is -0.136. The van der Waals surface area contributed by atoms with Gasteiger partial charge in [0.05, 0.1) is 25.1 Å². The number of hydrogen-bond acceptors (Lipinski definition) is 4. The second-order valence-corrected chi connectivity index (χ2v) is 7.48. The number of hydrogen-bond donors (Lipinski definition) is 1. The molecule has 1 N–H and O–H groups in total. The highest BCUT2D eigenvalue weighted by Crippen LogP contribution is 2.23. The molecule has 1 fully saturated rings. The van der Waals surface area contributed by atoms with E-state index in [4.69, 9.17) is 4.74 Å². The van der Waals surface area contributed by atoms with Crippen molar-refractivity contribution in [3.05, 3.63) is 18.2 Å². The third kappa shape index (κ3) is 4.39. The normalized spacial score (nSPS) is 21.2. The lowest BCUT2D eigenvalue weighted by atomic mass is 10.0. The second kappa shape index (κ2) is 7.99. The van der Waals surface area contributed by atoms with Crippen LogP contribution in [-0.2, 0) is 20.9 Å². The fourth-order valence-corrected chi connectivity index (χ4v) is 3.48. The molecule has 7 heteroatoms. The number of carbonyl (C=O) groups is 2. The van der Waals surface area contributed by atoms with Crippen molar-refractivity contribution < 1.29 is 14.3 Å². The lowest BCUT2D eigenvalue weighted by Crippen LogP contribution is -2.47. The molecule has 0 saturated carbocycles. The highest BCUT2D eigenvalue weighted by molar-refractivity contribution is 5.83. The molecule has 25 heavy (non-hydrogen) atoms. The molecule has 1 aromatic rings. The molecule has 1 saturated heterocycles. The van der Waals surface area contributed by atoms with E-state index in [2.05, 4.69) is 10.3 Å². The van der Waals surface area contributed by atoms with Crippen molar-refractivity contribution >= 4 is 11.8 Å². The highest BCUT2D eigenvalue weighted by Gasteiger charge is 2.32. The number of rotatable bonds is 5. The third-order valence-corrected chi connectivity index (χ3v) is 4.97. The summed E-state index contributed by atoms with van der Waals surface area (Å²) in [6.07, 6.45) is 5.91. The van der Waals surface area contributed by atoms with Crippen LogP contribution in [0.2, 0.25) is 0 Å². The van der Waals surface area contributed by atoms with Gasteiger partial charge in [0.2, 0.25) is 11.8 Å². The van der Waals surface area contributed by atoms with Gasteiger partial charge in [0.15, 0.2) is 0 Å². The largest absolute Gasteiger partial charge is 0.381 e. The van der Waals surface area contributed by atoms with E-state index in [0.717, 1.165) is 31.7 Å². The smallest absolute Gasteiger partial charge is 0.244 e. The van der Waals surface area contributed by atoms with Crippen molar-refractivity contribution in [3.8, 4) is 0 Å². The van der Waals surface area contributed by atoms with E-state index in [-0.39, 0.29) is 11.8 Å². The summed E-state index contributed by atoms with van der Waals surface area (Å²) in [6.45, 7) is 7.21. The molecule has 7 nitrogen and oxygen atoms in total. The minimum atomic E-state index is -0.401. The first kappa shape index (κ1) is 17.9. The molecule has 0 spiro atoms. The minimum Gasteiger partial charge on any atom is -0.381 e. The standard InChI is InChI=1S/C18H28N4O3/c1-13(2)7-17(23)21-10-15-9-19-12-22(15)16(11-21)18(24)20-8-14-3-5-25-6-4-14/h9,12-14,16H,3-8,10-11H2,1-2H3,(H,20,24)/t16-/m1/s1. The molecule has 3 heterocycles. The maximum Gasteiger partial charge on any atom is 0.244 e. The summed E-state index contributed by atoms with van der Waals surface area (Å²) in [5.41, 5.74) is 0.912. The first-order valence-electron chi connectivity index (χ1n) is 9.18. The van der Waals surface area contributed by atoms with E-state index < -0.39 is 6.04 Å². The number of aromatic nitrogens is 2. The van der Waals surface area contributed by atoms with Crippen LogP contribution in [0.3, 0.4) is 0 Å². The van der Waals surface area contributed by atoms with Gasteiger partial charge >= 0.3 is 0 Å². The molecular formula is C18H28N4O3. The number of carbonyl (C=O) groups excluding carboxylic acids is 2. The van der Waals surface area contributed by atoms with Gasteiger partial charge in [0, 0.05) is 32.4 Å². The quantitative estimate of drug-likeness (QED) is 0.872. The van der Waals surface area contributed by atoms with Gasteiger partial charge in [-0.3, -0.25) is 9.59 Å². The average molecular weight is 348 g/mol. The van der Waals surface area contributed by atoms with E-state index in [0.29, 0.717) is 37.9 Å². The molecular weight excluding hydrogens is 320 g/mol. The van der Waals surface area contributed by atoms with Gasteiger partial charge in [-0.05, 0) is 24.7 Å². The first-order valence-corrected chi connectivity index (χ1v) is 9.18. The van der Waals surface area contributed by atoms with Crippen LogP contribution >= 0.6 is 0 Å². The van der Waals surface area contributed by atoms with Crippen LogP contribution in [0.25, 0.3) is 0 Å². The van der Waals surface area contributed by atoms with Crippen molar-refractivity contribution in [2.75, 3.05) is 26.3 Å². The molecule has 1 atom stereocenters. The highest BCUT2D eigenvalue weighted by atomic mass is 16.5. The molecule has 3 rings (SSSR count). The average Bonchev–Trinajstić information content (AvgIpc) is 3.07. The van der Waals surface area contributed by atoms with Crippen molar-refractivity contribution in [3.63, 3.8) is 0 Å². The summed E-state index contributed by atoms with van der Waals surface area (Å²) in [5, 5.41) is 3.07. The molecule has 0 unspecified atom stereocenters. The molecule has 2 aliphatic heterocycles. The van der Waals surface area contributed by atoms with Crippen molar-refractivity contribution in [1.29, 1.82) is 0 Å². The summed E-state index contributed by atoms with van der Waals surface area (Å²) in [6, 6.07) is -0.401. The van der Waals surface area contributed by atoms with Crippen LogP contribution < -0.4 is 5.32 Å². The lowest BCUT2D eigenvalue weighted by Gasteiger charge is -2.34. The number of nitrogens with zero attached hydrogens (tertiary/aromatic N) is 3. The number of amides is 2. The molecule has 138 valence electrons. The maximum absolute atomic E-state index is 12.8. The van der Waals surface area contributed by atoms with Crippen LogP contribution in [-0.4, -0.2) is 52.6 Å². The molecule has 0 aromatic carbocycles. The second-order valence-electron chi connectivity index (χ2n) is 7.48. The maximum atomic E-state index is 12.8. The van der Waals surface area contributed by atoms with E-state index in [9.17, 15) is 9.59 Å². The molecule has 1 aromatic heterocycles. The van der Waals surface area contributed by atoms with E-state index in [1.165, 1.54) is 0 Å². The Morgan fingerprint density at radius 1 is 1.36 bits per heavy atom. The van der Waals surface area contributed by atoms with Gasteiger partial charge in [-0.15, -0.1) is 0 Å². The summed E-state index contributed by atoms with van der Waals surface area (Å²) in [4.78, 5) is 31.2. The minimum absolute atomic E-state index is 0.0345. The summed E-state index contributed by atoms with van der Waals surface area (Å²) in [5.74, 6) is 0.847. The first-order chi connectivity index (χ1) is 12.0. The van der Waals surface area contributed by atoms with Crippen molar-refractivity contribution in [2.45, 2.75) is 45.7 Å². The van der Waals surface area contributed by atoms with E-state index in [1.54, 1.807) is 17.4 Å². The van der Waals surface area contributed by atoms with E-state index >= 15 is 0 Å². The zero-order valence-corrected chi connectivity index (χ0v) is 15.1. The predicted octanol–water partition coefficient (Wildman–Crippen LogP) is 1.36. The van der Waals surface area contributed by atoms with Crippen LogP contribution in [0, 0.1) is 11.8 Å². The molecule has 0 aliphatic carbocycles. The molecule has 2 aliphatic rings. The Kier molecular flexibility index (Phi) is 5.73. The van der Waals surface area contributed by atoms with Crippen LogP contribution in [0.4, 0.5) is 0 Å². The molecule has 0 bridgehead atoms. The Morgan fingerprint density at radius 3 is 2.84 bits per heavy atom. The van der Waals surface area contributed by atoms with Crippen molar-refractivity contribution in [2.24, 2.45) is 11.8 Å². The Bertz CT molecular complexity index is 607. The van der Waals surface area contributed by atoms with Gasteiger partial charge in [0.1, 0.15) is 6.04 Å². The Labute approximate surface area is 148 Å². The monoisotopic (exact) mass is 348 g/mol. The molecule has 2 amide bonds. The van der Waals surface area contributed by atoms with Gasteiger partial charge in [-0.2, -0.15) is 0 Å². The Balaban J connectivity index is 1.64. The summed E-state index contributed by atoms with van der Waals surface area (Å²) < 4.78 is 7.26. The Morgan fingerprint density at radius 2 is 2.12 bits per heavy atom. The van der Waals surface area contributed by atoms with Gasteiger partial charge < -0.3 is 19.5 Å². The molecule has 0 radical (unpaired) electrons. The van der Waals surface area contributed by atoms with Crippen molar-refractivity contribution in [1.82, 2.24) is 19.8 Å². The van der Waals surface area contributed by atoms with E-state index in [1.807, 2.05) is 18.4 Å². The third-order valence-electron chi connectivity index (χ3n) is 4.97. The number of ether oxygens (including phenoxy) is 1. The van der Waals surface area contributed by atoms with Crippen LogP contribution in [0.15, 0.2) is 12.5 Å². The number of fused-ring (bicyclic) bond motifs is 1. The van der Waals surface area contributed by atoms with Gasteiger partial charge in [0.25, 0.3) is 0 Å². The van der Waals surface area contributed by atoms with Crippen LogP contribution in [0.1, 0.15) is 44.8 Å². The van der Waals surface area contributed by atoms with Crippen LogP contribution in [0.5, 0.6) is 0 Å². The zero-order chi connectivity index (χ0) is 17.8. The Hall–Kier alpha value is -1.89. The summed E-state index contributed by atoms with van der Waals surface area (Å²) in [7, 11) is 0. The van der Waals surface area contributed by atoms with Gasteiger partial charge in [-0.25, -0.2) is 4.98 Å². The number of imidazole rings is 1. The van der Waals surface area contributed by atoms with Gasteiger partial charge in [-0.1, -0.05) is 13.8 Å². The SMILES string of the molecule is CC(C)CC(=O)N1Cc2cncn2[C@@H](C(=O)NCC2CCOCC2)C1. The summed E-state index contributed by atoms with van der Waals surface area (Å²) >= 11 is 0.